The predicted molar refractivity (Wildman–Crippen MR) is 102 cm³/mol. The first-order valence-electron chi connectivity index (χ1n) is 7.95. The Balaban J connectivity index is 1.84. The van der Waals surface area contributed by atoms with E-state index in [1.807, 2.05) is 6.92 Å². The van der Waals surface area contributed by atoms with Crippen LogP contribution in [0.15, 0.2) is 27.0 Å². The van der Waals surface area contributed by atoms with Crippen molar-refractivity contribution >= 4 is 58.1 Å². The SMILES string of the molecule is CCC1=C(SCC(=O)Nc2nccs2)C2C(=O)N(C)C(=O)[N+](C)=C2N=C1. The second-order valence-corrected chi connectivity index (χ2v) is 7.62. The third kappa shape index (κ3) is 3.34. The Morgan fingerprint density at radius 2 is 2.23 bits per heavy atom. The van der Waals surface area contributed by atoms with Gasteiger partial charge in [-0.2, -0.15) is 9.48 Å². The molecule has 3 rings (SSSR count). The highest BCUT2D eigenvalue weighted by atomic mass is 32.2. The summed E-state index contributed by atoms with van der Waals surface area (Å²) in [7, 11) is 3.05. The molecule has 136 valence electrons. The first-order chi connectivity index (χ1) is 12.4. The summed E-state index contributed by atoms with van der Waals surface area (Å²) < 4.78 is 1.38. The number of anilines is 1. The molecular weight excluding hydrogens is 374 g/mol. The molecule has 1 unspecified atom stereocenters. The van der Waals surface area contributed by atoms with E-state index in [-0.39, 0.29) is 17.6 Å². The first kappa shape index (κ1) is 18.5. The summed E-state index contributed by atoms with van der Waals surface area (Å²) in [5, 5.41) is 5.05. The molecule has 2 aliphatic rings. The van der Waals surface area contributed by atoms with Crippen LogP contribution in [0.1, 0.15) is 13.3 Å². The van der Waals surface area contributed by atoms with Gasteiger partial charge >= 0.3 is 11.9 Å². The number of amidine groups is 1. The zero-order valence-corrected chi connectivity index (χ0v) is 16.2. The first-order valence-corrected chi connectivity index (χ1v) is 9.81. The van der Waals surface area contributed by atoms with Crippen molar-refractivity contribution in [1.29, 1.82) is 0 Å². The van der Waals surface area contributed by atoms with Crippen molar-refractivity contribution in [2.45, 2.75) is 13.3 Å². The van der Waals surface area contributed by atoms with Crippen LogP contribution in [0.5, 0.6) is 0 Å². The summed E-state index contributed by atoms with van der Waals surface area (Å²) >= 11 is 2.64. The molecule has 0 saturated carbocycles. The van der Waals surface area contributed by atoms with Gasteiger partial charge in [-0.1, -0.05) is 6.92 Å². The number of aromatic nitrogens is 1. The van der Waals surface area contributed by atoms with Crippen molar-refractivity contribution in [3.05, 3.63) is 22.1 Å². The molecule has 4 amide bonds. The molecule has 26 heavy (non-hydrogen) atoms. The Bertz CT molecular complexity index is 857. The predicted octanol–water partition coefficient (Wildman–Crippen LogP) is 1.81. The number of aliphatic imine (C=N–C) groups is 1. The molecule has 0 bridgehead atoms. The topological polar surface area (TPSA) is 94.7 Å². The van der Waals surface area contributed by atoms with Crippen LogP contribution in [-0.4, -0.2) is 64.2 Å². The molecule has 0 saturated heterocycles. The van der Waals surface area contributed by atoms with Crippen LogP contribution in [0.2, 0.25) is 0 Å². The molecular formula is C16H18N5O3S2+. The van der Waals surface area contributed by atoms with E-state index >= 15 is 0 Å². The van der Waals surface area contributed by atoms with Crippen molar-refractivity contribution in [2.24, 2.45) is 10.9 Å². The molecule has 1 atom stereocenters. The van der Waals surface area contributed by atoms with Gasteiger partial charge in [-0.3, -0.25) is 9.59 Å². The smallest absolute Gasteiger partial charge is 0.301 e. The Morgan fingerprint density at radius 3 is 2.88 bits per heavy atom. The summed E-state index contributed by atoms with van der Waals surface area (Å²) in [6, 6.07) is -0.413. The number of nitrogens with zero attached hydrogens (tertiary/aromatic N) is 4. The number of allylic oxidation sites excluding steroid dienone is 1. The van der Waals surface area contributed by atoms with E-state index in [0.717, 1.165) is 15.4 Å². The molecule has 1 N–H and O–H groups in total. The lowest BCUT2D eigenvalue weighted by Gasteiger charge is -2.28. The zero-order valence-electron chi connectivity index (χ0n) is 14.6. The number of thioether (sulfide) groups is 1. The van der Waals surface area contributed by atoms with Gasteiger partial charge in [-0.05, 0) is 12.0 Å². The number of fused-ring (bicyclic) bond motifs is 1. The molecule has 0 radical (unpaired) electrons. The third-order valence-corrected chi connectivity index (χ3v) is 6.01. The van der Waals surface area contributed by atoms with Crippen LogP contribution in [0.25, 0.3) is 0 Å². The fourth-order valence-corrected chi connectivity index (χ4v) is 4.38. The average molecular weight is 392 g/mol. The van der Waals surface area contributed by atoms with E-state index in [0.29, 0.717) is 17.4 Å². The highest BCUT2D eigenvalue weighted by Gasteiger charge is 2.48. The quantitative estimate of drug-likeness (QED) is 0.771. The van der Waals surface area contributed by atoms with Gasteiger partial charge in [0.2, 0.25) is 5.91 Å². The van der Waals surface area contributed by atoms with Gasteiger partial charge in [0.1, 0.15) is 6.21 Å². The molecule has 2 aliphatic heterocycles. The molecule has 0 aromatic carbocycles. The van der Waals surface area contributed by atoms with Crippen LogP contribution >= 0.6 is 23.1 Å². The molecule has 3 heterocycles. The van der Waals surface area contributed by atoms with Crippen LogP contribution in [0.3, 0.4) is 0 Å². The fraction of sp³-hybridized carbons (Fsp3) is 0.375. The lowest BCUT2D eigenvalue weighted by atomic mass is 9.97. The molecule has 10 heteroatoms. The van der Waals surface area contributed by atoms with E-state index in [1.165, 1.54) is 34.7 Å². The van der Waals surface area contributed by atoms with Crippen LogP contribution in [0, 0.1) is 5.92 Å². The standard InChI is InChI=1S/C16H17N5O3S2/c1-4-9-7-18-13-11(14(23)21(3)16(24)20(13)2)12(9)26-8-10(22)19-15-17-5-6-25-15/h5-7,11H,4,8H2,1-3H3/p+1. The highest BCUT2D eigenvalue weighted by Crippen LogP contribution is 2.35. The van der Waals surface area contributed by atoms with E-state index in [2.05, 4.69) is 15.3 Å². The van der Waals surface area contributed by atoms with Gasteiger partial charge in [0.05, 0.1) is 19.8 Å². The maximum Gasteiger partial charge on any atom is 0.445 e. The maximum absolute atomic E-state index is 12.7. The zero-order chi connectivity index (χ0) is 18.8. The number of rotatable bonds is 5. The van der Waals surface area contributed by atoms with Crippen molar-refractivity contribution in [2.75, 3.05) is 25.2 Å². The number of urea groups is 1. The third-order valence-electron chi connectivity index (χ3n) is 4.10. The molecule has 0 spiro atoms. The lowest BCUT2D eigenvalue weighted by Crippen LogP contribution is -2.52. The van der Waals surface area contributed by atoms with E-state index in [1.54, 1.807) is 24.8 Å². The van der Waals surface area contributed by atoms with Crippen LogP contribution in [-0.2, 0) is 9.59 Å². The van der Waals surface area contributed by atoms with Crippen LogP contribution < -0.4 is 5.32 Å². The highest BCUT2D eigenvalue weighted by molar-refractivity contribution is 8.03. The number of carbonyl (C=O) groups is 3. The van der Waals surface area contributed by atoms with Gasteiger partial charge in [0, 0.05) is 16.5 Å². The Labute approximate surface area is 158 Å². The Morgan fingerprint density at radius 1 is 1.46 bits per heavy atom. The number of hydrogen-bond donors (Lipinski definition) is 1. The van der Waals surface area contributed by atoms with E-state index < -0.39 is 11.9 Å². The number of dihydropyridines is 1. The minimum absolute atomic E-state index is 0.144. The van der Waals surface area contributed by atoms with Crippen molar-refractivity contribution in [1.82, 2.24) is 9.88 Å². The molecule has 1 aromatic rings. The molecule has 0 aliphatic carbocycles. The largest absolute Gasteiger partial charge is 0.445 e. The lowest BCUT2D eigenvalue weighted by molar-refractivity contribution is -0.407. The number of hydrogen-bond acceptors (Lipinski definition) is 7. The monoisotopic (exact) mass is 392 g/mol. The van der Waals surface area contributed by atoms with E-state index in [9.17, 15) is 14.4 Å². The van der Waals surface area contributed by atoms with Gasteiger partial charge in [0.15, 0.2) is 11.0 Å². The van der Waals surface area contributed by atoms with E-state index in [4.69, 9.17) is 0 Å². The minimum Gasteiger partial charge on any atom is -0.301 e. The van der Waals surface area contributed by atoms with Gasteiger partial charge in [-0.15, -0.1) is 28.1 Å². The Kier molecular flexibility index (Phi) is 5.33. The number of amides is 4. The second kappa shape index (κ2) is 7.50. The van der Waals surface area contributed by atoms with Gasteiger partial charge < -0.3 is 5.32 Å². The van der Waals surface area contributed by atoms with Gasteiger partial charge in [0.25, 0.3) is 5.84 Å². The maximum atomic E-state index is 12.7. The summed E-state index contributed by atoms with van der Waals surface area (Å²) in [5.74, 6) is -0.629. The minimum atomic E-state index is -0.652. The average Bonchev–Trinajstić information content (AvgIpc) is 3.14. The normalized spacial score (nSPS) is 20.0. The summed E-state index contributed by atoms with van der Waals surface area (Å²) in [4.78, 5) is 47.2. The van der Waals surface area contributed by atoms with Crippen molar-refractivity contribution in [3.8, 4) is 0 Å². The summed E-state index contributed by atoms with van der Waals surface area (Å²) in [5.41, 5.74) is 0.898. The second-order valence-electron chi connectivity index (χ2n) is 5.71. The number of nitrogens with one attached hydrogen (secondary N) is 1. The number of carbonyl (C=O) groups excluding carboxylic acids is 3. The van der Waals surface area contributed by atoms with Gasteiger partial charge in [-0.25, -0.2) is 9.78 Å². The van der Waals surface area contributed by atoms with Crippen molar-refractivity contribution in [3.63, 3.8) is 0 Å². The molecule has 8 nitrogen and oxygen atoms in total. The number of thiazole rings is 1. The Hall–Kier alpha value is -2.33. The molecule has 1 aromatic heterocycles. The van der Waals surface area contributed by atoms with Crippen molar-refractivity contribution < 1.29 is 19.0 Å². The summed E-state index contributed by atoms with van der Waals surface area (Å²) in [6.45, 7) is 1.97. The number of imide groups is 1. The fourth-order valence-electron chi connectivity index (χ4n) is 2.72. The molecule has 0 fully saturated rings. The summed E-state index contributed by atoms with van der Waals surface area (Å²) in [6.07, 6.45) is 3.97. The van der Waals surface area contributed by atoms with Crippen LogP contribution in [0.4, 0.5) is 9.93 Å².